The molecule has 0 aromatic carbocycles. The van der Waals surface area contributed by atoms with Crippen molar-refractivity contribution < 1.29 is 14.7 Å². The second kappa shape index (κ2) is 7.20. The third kappa shape index (κ3) is 5.86. The number of rotatable bonds is 7. The minimum Gasteiger partial charge on any atom is -0.480 e. The zero-order valence-corrected chi connectivity index (χ0v) is 12.0. The Morgan fingerprint density at radius 3 is 2.11 bits per heavy atom. The van der Waals surface area contributed by atoms with E-state index >= 15 is 0 Å². The summed E-state index contributed by atoms with van der Waals surface area (Å²) in [6, 6.07) is -0.328. The number of carboxylic acids is 1. The number of likely N-dealkylation sites (N-methyl/N-ethyl adjacent to an activating group) is 1. The molecular weight excluding hydrogens is 234 g/mol. The summed E-state index contributed by atoms with van der Waals surface area (Å²) >= 11 is 0. The zero-order chi connectivity index (χ0) is 14.3. The smallest absolute Gasteiger partial charge is 0.328 e. The summed E-state index contributed by atoms with van der Waals surface area (Å²) < 4.78 is 0. The van der Waals surface area contributed by atoms with Crippen molar-refractivity contribution in [2.45, 2.75) is 32.7 Å². The number of carbonyl (C=O) groups is 2. The van der Waals surface area contributed by atoms with Gasteiger partial charge in [-0.05, 0) is 34.4 Å². The highest BCUT2D eigenvalue weighted by molar-refractivity contribution is 5.85. The summed E-state index contributed by atoms with van der Waals surface area (Å²) in [5.41, 5.74) is -1.25. The summed E-state index contributed by atoms with van der Waals surface area (Å²) in [5.74, 6) is -1.04. The van der Waals surface area contributed by atoms with E-state index in [0.29, 0.717) is 13.1 Å². The van der Waals surface area contributed by atoms with Gasteiger partial charge in [0.15, 0.2) is 0 Å². The molecule has 0 rings (SSSR count). The van der Waals surface area contributed by atoms with Gasteiger partial charge in [-0.25, -0.2) is 9.59 Å². The van der Waals surface area contributed by atoms with Crippen molar-refractivity contribution in [3.05, 3.63) is 0 Å². The van der Waals surface area contributed by atoms with Crippen LogP contribution in [0.2, 0.25) is 0 Å². The summed E-state index contributed by atoms with van der Waals surface area (Å²) in [7, 11) is 3.87. The van der Waals surface area contributed by atoms with E-state index < -0.39 is 11.5 Å². The molecule has 6 nitrogen and oxygen atoms in total. The molecule has 0 aliphatic carbocycles. The maximum atomic E-state index is 12.0. The van der Waals surface area contributed by atoms with Gasteiger partial charge in [-0.3, -0.25) is 0 Å². The van der Waals surface area contributed by atoms with Crippen LogP contribution in [0.15, 0.2) is 0 Å². The molecule has 0 heterocycles. The quantitative estimate of drug-likeness (QED) is 0.710. The van der Waals surface area contributed by atoms with E-state index in [-0.39, 0.29) is 6.03 Å². The molecule has 18 heavy (non-hydrogen) atoms. The van der Waals surface area contributed by atoms with Crippen LogP contribution in [0.5, 0.6) is 0 Å². The second-order valence-electron chi connectivity index (χ2n) is 5.15. The molecule has 0 unspecified atom stereocenters. The van der Waals surface area contributed by atoms with Gasteiger partial charge in [0, 0.05) is 19.6 Å². The van der Waals surface area contributed by atoms with Gasteiger partial charge in [0.25, 0.3) is 0 Å². The lowest BCUT2D eigenvalue weighted by molar-refractivity contribution is -0.143. The van der Waals surface area contributed by atoms with Gasteiger partial charge in [-0.1, -0.05) is 6.92 Å². The highest BCUT2D eigenvalue weighted by Gasteiger charge is 2.30. The van der Waals surface area contributed by atoms with Gasteiger partial charge in [-0.2, -0.15) is 0 Å². The Morgan fingerprint density at radius 1 is 1.17 bits per heavy atom. The highest BCUT2D eigenvalue weighted by atomic mass is 16.4. The van der Waals surface area contributed by atoms with E-state index in [1.54, 1.807) is 4.90 Å². The topological polar surface area (TPSA) is 72.9 Å². The van der Waals surface area contributed by atoms with Crippen LogP contribution in [0, 0.1) is 0 Å². The van der Waals surface area contributed by atoms with Crippen molar-refractivity contribution in [2.24, 2.45) is 0 Å². The number of carboxylic acid groups (broad SMARTS) is 1. The molecule has 0 spiro atoms. The van der Waals surface area contributed by atoms with E-state index in [1.807, 2.05) is 25.9 Å². The van der Waals surface area contributed by atoms with E-state index in [1.165, 1.54) is 13.8 Å². The normalized spacial score (nSPS) is 11.4. The maximum Gasteiger partial charge on any atom is 0.328 e. The van der Waals surface area contributed by atoms with Gasteiger partial charge in [-0.15, -0.1) is 0 Å². The van der Waals surface area contributed by atoms with Gasteiger partial charge < -0.3 is 20.2 Å². The molecule has 0 saturated carbocycles. The zero-order valence-electron chi connectivity index (χ0n) is 12.0. The first-order chi connectivity index (χ1) is 8.20. The largest absolute Gasteiger partial charge is 0.480 e. The first-order valence-electron chi connectivity index (χ1n) is 6.16. The van der Waals surface area contributed by atoms with Crippen LogP contribution in [0.25, 0.3) is 0 Å². The lowest BCUT2D eigenvalue weighted by atomic mass is 10.1. The van der Waals surface area contributed by atoms with Crippen LogP contribution in [-0.2, 0) is 4.79 Å². The Labute approximate surface area is 109 Å². The van der Waals surface area contributed by atoms with E-state index in [4.69, 9.17) is 5.11 Å². The molecule has 0 aliphatic heterocycles. The number of urea groups is 1. The molecule has 2 N–H and O–H groups in total. The van der Waals surface area contributed by atoms with Crippen molar-refractivity contribution in [3.8, 4) is 0 Å². The van der Waals surface area contributed by atoms with Crippen LogP contribution < -0.4 is 5.32 Å². The summed E-state index contributed by atoms with van der Waals surface area (Å²) in [6.07, 6.45) is 0.842. The molecule has 0 bridgehead atoms. The van der Waals surface area contributed by atoms with Crippen molar-refractivity contribution in [2.75, 3.05) is 33.7 Å². The van der Waals surface area contributed by atoms with Crippen LogP contribution in [0.1, 0.15) is 27.2 Å². The van der Waals surface area contributed by atoms with Crippen LogP contribution in [0.4, 0.5) is 4.79 Å². The first-order valence-corrected chi connectivity index (χ1v) is 6.16. The monoisotopic (exact) mass is 259 g/mol. The number of hydrogen-bond donors (Lipinski definition) is 2. The Hall–Kier alpha value is -1.30. The van der Waals surface area contributed by atoms with Gasteiger partial charge >= 0.3 is 12.0 Å². The standard InChI is InChI=1S/C12H25N3O3/c1-6-7-15(9-8-14(4)5)11(18)13-12(2,3)10(16)17/h6-9H2,1-5H3,(H,13,18)(H,16,17). The molecule has 0 aromatic rings. The Bertz CT molecular complexity index is 290. The highest BCUT2D eigenvalue weighted by Crippen LogP contribution is 2.04. The van der Waals surface area contributed by atoms with E-state index in [2.05, 4.69) is 5.32 Å². The average Bonchev–Trinajstić information content (AvgIpc) is 2.22. The molecule has 6 heteroatoms. The summed E-state index contributed by atoms with van der Waals surface area (Å²) in [5, 5.41) is 11.5. The molecule has 106 valence electrons. The fourth-order valence-corrected chi connectivity index (χ4v) is 1.31. The fourth-order valence-electron chi connectivity index (χ4n) is 1.31. The number of amides is 2. The number of nitrogens with zero attached hydrogens (tertiary/aromatic N) is 2. The Morgan fingerprint density at radius 2 is 1.72 bits per heavy atom. The van der Waals surface area contributed by atoms with Crippen molar-refractivity contribution in [1.82, 2.24) is 15.1 Å². The molecule has 0 radical (unpaired) electrons. The Balaban J connectivity index is 4.51. The number of nitrogens with one attached hydrogen (secondary N) is 1. The number of hydrogen-bond acceptors (Lipinski definition) is 3. The summed E-state index contributed by atoms with van der Waals surface area (Å²) in [4.78, 5) is 26.6. The minimum atomic E-state index is -1.25. The predicted octanol–water partition coefficient (Wildman–Crippen LogP) is 0.833. The number of aliphatic carboxylic acids is 1. The molecule has 0 atom stereocenters. The third-order valence-corrected chi connectivity index (χ3v) is 2.55. The van der Waals surface area contributed by atoms with Gasteiger partial charge in [0.05, 0.1) is 0 Å². The van der Waals surface area contributed by atoms with Crippen LogP contribution >= 0.6 is 0 Å². The second-order valence-corrected chi connectivity index (χ2v) is 5.15. The van der Waals surface area contributed by atoms with Crippen LogP contribution in [-0.4, -0.2) is 66.2 Å². The molecule has 0 aliphatic rings. The molecule has 0 aromatic heterocycles. The van der Waals surface area contributed by atoms with Crippen LogP contribution in [0.3, 0.4) is 0 Å². The molecule has 0 saturated heterocycles. The average molecular weight is 259 g/mol. The molecule has 0 fully saturated rings. The van der Waals surface area contributed by atoms with Crippen molar-refractivity contribution in [1.29, 1.82) is 0 Å². The minimum absolute atomic E-state index is 0.328. The Kier molecular flexibility index (Phi) is 6.68. The molecule has 2 amide bonds. The van der Waals surface area contributed by atoms with E-state index in [9.17, 15) is 9.59 Å². The van der Waals surface area contributed by atoms with E-state index in [0.717, 1.165) is 13.0 Å². The maximum absolute atomic E-state index is 12.0. The first kappa shape index (κ1) is 16.7. The SMILES string of the molecule is CCCN(CCN(C)C)C(=O)NC(C)(C)C(=O)O. The lowest BCUT2D eigenvalue weighted by Gasteiger charge is -2.29. The van der Waals surface area contributed by atoms with Crippen molar-refractivity contribution in [3.63, 3.8) is 0 Å². The fraction of sp³-hybridized carbons (Fsp3) is 0.833. The van der Waals surface area contributed by atoms with Gasteiger partial charge in [0.2, 0.25) is 0 Å². The third-order valence-electron chi connectivity index (χ3n) is 2.55. The lowest BCUT2D eigenvalue weighted by Crippen LogP contribution is -2.55. The van der Waals surface area contributed by atoms with Gasteiger partial charge in [0.1, 0.15) is 5.54 Å². The summed E-state index contributed by atoms with van der Waals surface area (Å²) in [6.45, 7) is 6.89. The predicted molar refractivity (Wildman–Crippen MR) is 70.7 cm³/mol. The molecular formula is C12H25N3O3. The number of carbonyl (C=O) groups excluding carboxylic acids is 1. The van der Waals surface area contributed by atoms with Crippen molar-refractivity contribution >= 4 is 12.0 Å².